The van der Waals surface area contributed by atoms with Crippen LogP contribution in [-0.2, 0) is 4.74 Å². The first-order valence-electron chi connectivity index (χ1n) is 5.99. The van der Waals surface area contributed by atoms with Crippen molar-refractivity contribution >= 4 is 33.1 Å². The number of nitrogens with one attached hydrogen (secondary N) is 1. The molecule has 5 nitrogen and oxygen atoms in total. The lowest BCUT2D eigenvalue weighted by Gasteiger charge is -2.10. The third-order valence-electron chi connectivity index (χ3n) is 2.89. The molecule has 1 amide bonds. The fourth-order valence-corrected chi connectivity index (χ4v) is 2.71. The lowest BCUT2D eigenvalue weighted by atomic mass is 10.2. The number of ether oxygens (including phenoxy) is 1. The van der Waals surface area contributed by atoms with Crippen molar-refractivity contribution in [3.63, 3.8) is 0 Å². The number of rotatable bonds is 4. The van der Waals surface area contributed by atoms with Crippen LogP contribution >= 0.6 is 11.3 Å². The summed E-state index contributed by atoms with van der Waals surface area (Å²) in [6.45, 7) is 4.25. The van der Waals surface area contributed by atoms with Gasteiger partial charge >= 0.3 is 0 Å². The van der Waals surface area contributed by atoms with E-state index in [0.29, 0.717) is 17.1 Å². The number of carbonyl (C=O) groups excluding carboxylic acids is 1. The third kappa shape index (κ3) is 2.85. The average molecular weight is 279 g/mol. The van der Waals surface area contributed by atoms with Gasteiger partial charge < -0.3 is 15.8 Å². The molecule has 0 fully saturated rings. The van der Waals surface area contributed by atoms with E-state index in [1.807, 2.05) is 26.0 Å². The fourth-order valence-electron chi connectivity index (χ4n) is 1.66. The maximum absolute atomic E-state index is 12.1. The van der Waals surface area contributed by atoms with Crippen molar-refractivity contribution in [3.8, 4) is 0 Å². The number of nitrogens with zero attached hydrogens (tertiary/aromatic N) is 1. The molecule has 6 heteroatoms. The molecule has 0 saturated carbocycles. The summed E-state index contributed by atoms with van der Waals surface area (Å²) in [6.07, 6.45) is -0.0278. The molecule has 1 unspecified atom stereocenters. The molecular formula is C13H17N3O2S. The average Bonchev–Trinajstić information content (AvgIpc) is 2.72. The first-order chi connectivity index (χ1) is 9.02. The summed E-state index contributed by atoms with van der Waals surface area (Å²) in [5.41, 5.74) is 7.41. The maximum atomic E-state index is 12.1. The minimum absolute atomic E-state index is 0.0278. The Morgan fingerprint density at radius 1 is 1.58 bits per heavy atom. The lowest BCUT2D eigenvalue weighted by Crippen LogP contribution is -2.31. The number of aromatic nitrogens is 1. The highest BCUT2D eigenvalue weighted by atomic mass is 32.1. The van der Waals surface area contributed by atoms with Crippen LogP contribution in [0.5, 0.6) is 0 Å². The molecule has 2 aromatic heterocycles. The monoisotopic (exact) mass is 279 g/mol. The van der Waals surface area contributed by atoms with Crippen molar-refractivity contribution in [2.24, 2.45) is 0 Å². The second kappa shape index (κ2) is 5.54. The van der Waals surface area contributed by atoms with Crippen molar-refractivity contribution in [1.29, 1.82) is 0 Å². The molecule has 0 bridgehead atoms. The van der Waals surface area contributed by atoms with Gasteiger partial charge in [-0.1, -0.05) is 0 Å². The second-order valence-electron chi connectivity index (χ2n) is 4.41. The molecule has 102 valence electrons. The minimum atomic E-state index is -0.179. The van der Waals surface area contributed by atoms with Crippen molar-refractivity contribution < 1.29 is 9.53 Å². The van der Waals surface area contributed by atoms with E-state index >= 15 is 0 Å². The Morgan fingerprint density at radius 2 is 2.32 bits per heavy atom. The Bertz CT molecular complexity index is 609. The highest BCUT2D eigenvalue weighted by molar-refractivity contribution is 7.21. The van der Waals surface area contributed by atoms with E-state index in [9.17, 15) is 4.79 Å². The summed E-state index contributed by atoms with van der Waals surface area (Å²) in [5.74, 6) is -0.179. The van der Waals surface area contributed by atoms with Crippen LogP contribution in [0.4, 0.5) is 5.69 Å². The molecule has 0 aliphatic carbocycles. The highest BCUT2D eigenvalue weighted by Crippen LogP contribution is 2.32. The number of hydrogen-bond donors (Lipinski definition) is 2. The number of anilines is 1. The molecule has 2 aromatic rings. The minimum Gasteiger partial charge on any atom is -0.397 e. The van der Waals surface area contributed by atoms with Gasteiger partial charge in [-0.15, -0.1) is 11.3 Å². The van der Waals surface area contributed by atoms with E-state index in [2.05, 4.69) is 10.3 Å². The zero-order valence-electron chi connectivity index (χ0n) is 11.2. The highest BCUT2D eigenvalue weighted by Gasteiger charge is 2.17. The molecule has 3 N–H and O–H groups in total. The third-order valence-corrected chi connectivity index (χ3v) is 4.01. The number of pyridine rings is 1. The molecule has 0 aliphatic rings. The molecule has 0 aliphatic heterocycles. The van der Waals surface area contributed by atoms with Crippen molar-refractivity contribution in [2.75, 3.05) is 19.4 Å². The van der Waals surface area contributed by atoms with Gasteiger partial charge in [0, 0.05) is 24.7 Å². The van der Waals surface area contributed by atoms with Crippen LogP contribution in [0.15, 0.2) is 12.1 Å². The van der Waals surface area contributed by atoms with Gasteiger partial charge in [0.2, 0.25) is 0 Å². The van der Waals surface area contributed by atoms with Gasteiger partial charge in [0.1, 0.15) is 9.71 Å². The van der Waals surface area contributed by atoms with Gasteiger partial charge in [-0.05, 0) is 26.0 Å². The smallest absolute Gasteiger partial charge is 0.263 e. The number of thiophene rings is 1. The quantitative estimate of drug-likeness (QED) is 0.896. The van der Waals surface area contributed by atoms with Crippen molar-refractivity contribution in [2.45, 2.75) is 20.0 Å². The van der Waals surface area contributed by atoms with Crippen LogP contribution in [0.25, 0.3) is 10.2 Å². The van der Waals surface area contributed by atoms with Crippen LogP contribution in [0.2, 0.25) is 0 Å². The van der Waals surface area contributed by atoms with E-state index in [1.165, 1.54) is 11.3 Å². The Hall–Kier alpha value is -1.66. The second-order valence-corrected chi connectivity index (χ2v) is 5.41. The van der Waals surface area contributed by atoms with Crippen molar-refractivity contribution in [3.05, 3.63) is 22.7 Å². The van der Waals surface area contributed by atoms with Gasteiger partial charge in [0.05, 0.1) is 11.8 Å². The predicted octanol–water partition coefficient (Wildman–Crippen LogP) is 1.95. The number of methoxy groups -OCH3 is 1. The summed E-state index contributed by atoms with van der Waals surface area (Å²) in [7, 11) is 1.61. The van der Waals surface area contributed by atoms with E-state index < -0.39 is 0 Å². The molecule has 0 aromatic carbocycles. The van der Waals surface area contributed by atoms with Gasteiger partial charge in [-0.25, -0.2) is 4.98 Å². The summed E-state index contributed by atoms with van der Waals surface area (Å²) in [4.78, 5) is 17.8. The Labute approximate surface area is 115 Å². The van der Waals surface area contributed by atoms with Gasteiger partial charge in [-0.2, -0.15) is 0 Å². The van der Waals surface area contributed by atoms with Crippen LogP contribution < -0.4 is 11.1 Å². The van der Waals surface area contributed by atoms with Gasteiger partial charge in [0.25, 0.3) is 5.91 Å². The molecule has 2 rings (SSSR count). The molecule has 1 atom stereocenters. The zero-order valence-corrected chi connectivity index (χ0v) is 12.0. The topological polar surface area (TPSA) is 77.2 Å². The fraction of sp³-hybridized carbons (Fsp3) is 0.385. The van der Waals surface area contributed by atoms with Gasteiger partial charge in [0.15, 0.2) is 0 Å². The number of nitrogen functional groups attached to an aromatic ring is 1. The predicted molar refractivity (Wildman–Crippen MR) is 77.6 cm³/mol. The molecule has 2 heterocycles. The number of carbonyl (C=O) groups is 1. The van der Waals surface area contributed by atoms with E-state index in [0.717, 1.165) is 15.9 Å². The van der Waals surface area contributed by atoms with E-state index in [-0.39, 0.29) is 12.0 Å². The lowest BCUT2D eigenvalue weighted by molar-refractivity contribution is 0.0874. The maximum Gasteiger partial charge on any atom is 0.263 e. The van der Waals surface area contributed by atoms with Crippen LogP contribution in [0.1, 0.15) is 22.3 Å². The number of hydrogen-bond acceptors (Lipinski definition) is 5. The molecule has 19 heavy (non-hydrogen) atoms. The molecule has 0 saturated heterocycles. The summed E-state index contributed by atoms with van der Waals surface area (Å²) in [5, 5.41) is 3.64. The molecule has 0 spiro atoms. The normalized spacial score (nSPS) is 12.6. The first kappa shape index (κ1) is 13.8. The van der Waals surface area contributed by atoms with Crippen LogP contribution in [-0.4, -0.2) is 30.6 Å². The Kier molecular flexibility index (Phi) is 4.01. The number of aryl methyl sites for hydroxylation is 1. The summed E-state index contributed by atoms with van der Waals surface area (Å²) in [6, 6.07) is 3.79. The number of nitrogens with two attached hydrogens (primary N) is 1. The Morgan fingerprint density at radius 3 is 3.00 bits per heavy atom. The standard InChI is InChI=1S/C13H17N3O2S/c1-7-4-5-9-10(14)11(19-13(9)16-7)12(17)15-6-8(2)18-3/h4-5,8H,6,14H2,1-3H3,(H,15,17). The Balaban J connectivity index is 2.25. The van der Waals surface area contributed by atoms with Crippen molar-refractivity contribution in [1.82, 2.24) is 10.3 Å². The summed E-state index contributed by atoms with van der Waals surface area (Å²) >= 11 is 1.32. The number of fused-ring (bicyclic) bond motifs is 1. The summed E-state index contributed by atoms with van der Waals surface area (Å²) < 4.78 is 5.09. The first-order valence-corrected chi connectivity index (χ1v) is 6.81. The van der Waals surface area contributed by atoms with E-state index in [4.69, 9.17) is 10.5 Å². The molecule has 0 radical (unpaired) electrons. The van der Waals surface area contributed by atoms with Crippen LogP contribution in [0, 0.1) is 6.92 Å². The van der Waals surface area contributed by atoms with Crippen LogP contribution in [0.3, 0.4) is 0 Å². The molecular weight excluding hydrogens is 262 g/mol. The zero-order chi connectivity index (χ0) is 14.0. The number of amides is 1. The van der Waals surface area contributed by atoms with Gasteiger partial charge in [-0.3, -0.25) is 4.79 Å². The SMILES string of the molecule is COC(C)CNC(=O)c1sc2nc(C)ccc2c1N. The largest absolute Gasteiger partial charge is 0.397 e. The van der Waals surface area contributed by atoms with E-state index in [1.54, 1.807) is 7.11 Å².